The minimum absolute atomic E-state index is 0.0971. The summed E-state index contributed by atoms with van der Waals surface area (Å²) in [4.78, 5) is 11.0. The lowest BCUT2D eigenvalue weighted by Gasteiger charge is -2.15. The lowest BCUT2D eigenvalue weighted by Crippen LogP contribution is -2.33. The number of benzene rings is 3. The summed E-state index contributed by atoms with van der Waals surface area (Å²) in [7, 11) is 0. The molecule has 0 fully saturated rings. The Kier molecular flexibility index (Phi) is 7.04. The first-order chi connectivity index (χ1) is 15.6. The van der Waals surface area contributed by atoms with Gasteiger partial charge in [0.05, 0.1) is 5.56 Å². The van der Waals surface area contributed by atoms with Crippen molar-refractivity contribution in [2.75, 3.05) is 19.7 Å². The Morgan fingerprint density at radius 3 is 2.56 bits per heavy atom. The highest BCUT2D eigenvalue weighted by molar-refractivity contribution is 5.88. The summed E-state index contributed by atoms with van der Waals surface area (Å²) < 4.78 is 11.6. The van der Waals surface area contributed by atoms with E-state index < -0.39 is 12.1 Å². The van der Waals surface area contributed by atoms with Crippen LogP contribution >= 0.6 is 0 Å². The quantitative estimate of drug-likeness (QED) is 0.422. The number of carbonyl (C=O) groups is 1. The second kappa shape index (κ2) is 10.3. The minimum atomic E-state index is -0.924. The molecule has 0 amide bonds. The van der Waals surface area contributed by atoms with E-state index in [1.54, 1.807) is 12.1 Å². The average Bonchev–Trinajstić information content (AvgIpc) is 3.23. The molecule has 6 nitrogen and oxygen atoms in total. The molecule has 0 spiro atoms. The van der Waals surface area contributed by atoms with E-state index in [1.807, 2.05) is 54.6 Å². The van der Waals surface area contributed by atoms with E-state index in [0.29, 0.717) is 6.54 Å². The van der Waals surface area contributed by atoms with E-state index >= 15 is 0 Å². The van der Waals surface area contributed by atoms with Crippen LogP contribution in [-0.2, 0) is 6.42 Å². The molecule has 0 aromatic heterocycles. The molecule has 3 aromatic carbocycles. The maximum absolute atomic E-state index is 11.0. The zero-order valence-corrected chi connectivity index (χ0v) is 17.7. The number of aliphatic hydroxyl groups excluding tert-OH is 1. The van der Waals surface area contributed by atoms with Crippen molar-refractivity contribution in [3.63, 3.8) is 0 Å². The number of para-hydroxylation sites is 1. The summed E-state index contributed by atoms with van der Waals surface area (Å²) in [6, 6.07) is 22.4. The molecule has 0 saturated carbocycles. The summed E-state index contributed by atoms with van der Waals surface area (Å²) in [5, 5.41) is 22.4. The van der Waals surface area contributed by atoms with E-state index in [1.165, 1.54) is 0 Å². The fraction of sp³-hybridized carbons (Fsp3) is 0.269. The van der Waals surface area contributed by atoms with Crippen LogP contribution in [0.15, 0.2) is 72.8 Å². The fourth-order valence-electron chi connectivity index (χ4n) is 3.77. The molecule has 2 atom stereocenters. The molecule has 4 rings (SSSR count). The van der Waals surface area contributed by atoms with Gasteiger partial charge < -0.3 is 25.0 Å². The molecular weight excluding hydrogens is 406 g/mol. The van der Waals surface area contributed by atoms with Crippen molar-refractivity contribution < 1.29 is 24.5 Å². The molecule has 1 aliphatic heterocycles. The summed E-state index contributed by atoms with van der Waals surface area (Å²) in [6.45, 7) is 1.45. The van der Waals surface area contributed by atoms with Crippen molar-refractivity contribution in [3.8, 4) is 22.6 Å². The van der Waals surface area contributed by atoms with Gasteiger partial charge in [-0.2, -0.15) is 0 Å². The lowest BCUT2D eigenvalue weighted by atomic mass is 9.99. The van der Waals surface area contributed by atoms with Crippen molar-refractivity contribution in [1.29, 1.82) is 0 Å². The monoisotopic (exact) mass is 433 g/mol. The van der Waals surface area contributed by atoms with Crippen LogP contribution in [0.4, 0.5) is 0 Å². The van der Waals surface area contributed by atoms with Crippen LogP contribution in [0.2, 0.25) is 0 Å². The first-order valence-corrected chi connectivity index (χ1v) is 10.8. The molecule has 1 aliphatic rings. The van der Waals surface area contributed by atoms with Crippen molar-refractivity contribution >= 4 is 5.97 Å². The molecule has 0 bridgehead atoms. The van der Waals surface area contributed by atoms with Crippen LogP contribution < -0.4 is 14.8 Å². The molecule has 3 N–H and O–H groups in total. The average molecular weight is 434 g/mol. The topological polar surface area (TPSA) is 88.0 Å². The molecule has 0 radical (unpaired) electrons. The van der Waals surface area contributed by atoms with Gasteiger partial charge in [-0.3, -0.25) is 0 Å². The highest BCUT2D eigenvalue weighted by atomic mass is 16.5. The van der Waals surface area contributed by atoms with Gasteiger partial charge in [0.2, 0.25) is 0 Å². The van der Waals surface area contributed by atoms with Gasteiger partial charge in [-0.25, -0.2) is 4.79 Å². The Labute approximate surface area is 187 Å². The van der Waals surface area contributed by atoms with E-state index in [2.05, 4.69) is 11.4 Å². The third-order valence-corrected chi connectivity index (χ3v) is 5.48. The molecule has 1 unspecified atom stereocenters. The maximum atomic E-state index is 11.0. The number of fused-ring (bicyclic) bond motifs is 1. The van der Waals surface area contributed by atoms with Crippen LogP contribution in [0.5, 0.6) is 11.5 Å². The molecule has 6 heteroatoms. The van der Waals surface area contributed by atoms with Gasteiger partial charge in [0.25, 0.3) is 0 Å². The highest BCUT2D eigenvalue weighted by Crippen LogP contribution is 2.33. The lowest BCUT2D eigenvalue weighted by molar-refractivity contribution is 0.0697. The maximum Gasteiger partial charge on any atom is 0.335 e. The third-order valence-electron chi connectivity index (χ3n) is 5.48. The number of carboxylic acid groups (broad SMARTS) is 1. The summed E-state index contributed by atoms with van der Waals surface area (Å²) in [5.74, 6) is 0.727. The van der Waals surface area contributed by atoms with Crippen LogP contribution in [0.3, 0.4) is 0 Å². The van der Waals surface area contributed by atoms with Gasteiger partial charge in [-0.15, -0.1) is 0 Å². The standard InChI is InChI=1S/C26H27NO5/c28-22(17-31-23-4-2-1-3-5-23)16-27-13-12-24-15-21-14-20(10-11-25(21)32-24)18-6-8-19(9-7-18)26(29)30/h1-11,14,22,24,27-28H,12-13,15-17H2,(H,29,30)/t22-,24?/m0/s1. The van der Waals surface area contributed by atoms with Crippen molar-refractivity contribution in [2.45, 2.75) is 25.0 Å². The van der Waals surface area contributed by atoms with Crippen LogP contribution in [0.1, 0.15) is 22.3 Å². The molecule has 0 saturated heterocycles. The number of carboxylic acids is 1. The molecule has 3 aromatic rings. The Bertz CT molecular complexity index is 1040. The van der Waals surface area contributed by atoms with E-state index in [-0.39, 0.29) is 18.3 Å². The van der Waals surface area contributed by atoms with E-state index in [4.69, 9.17) is 14.6 Å². The zero-order valence-electron chi connectivity index (χ0n) is 17.7. The third kappa shape index (κ3) is 5.66. The number of nitrogens with one attached hydrogen (secondary N) is 1. The van der Waals surface area contributed by atoms with Crippen LogP contribution in [0.25, 0.3) is 11.1 Å². The minimum Gasteiger partial charge on any atom is -0.491 e. The molecule has 1 heterocycles. The second-order valence-corrected chi connectivity index (χ2v) is 7.92. The van der Waals surface area contributed by atoms with E-state index in [9.17, 15) is 9.90 Å². The Morgan fingerprint density at radius 2 is 1.81 bits per heavy atom. The highest BCUT2D eigenvalue weighted by Gasteiger charge is 2.23. The van der Waals surface area contributed by atoms with Gasteiger partial charge >= 0.3 is 5.97 Å². The number of hydrogen-bond acceptors (Lipinski definition) is 5. The normalized spacial score (nSPS) is 15.6. The molecule has 166 valence electrons. The number of ether oxygens (including phenoxy) is 2. The number of aliphatic hydroxyl groups is 1. The predicted octanol–water partition coefficient (Wildman–Crippen LogP) is 3.77. The Hall–Kier alpha value is -3.35. The number of rotatable bonds is 10. The van der Waals surface area contributed by atoms with Crippen LogP contribution in [0, 0.1) is 0 Å². The van der Waals surface area contributed by atoms with Gasteiger partial charge in [-0.05, 0) is 66.1 Å². The molecule has 0 aliphatic carbocycles. The number of hydrogen-bond donors (Lipinski definition) is 3. The van der Waals surface area contributed by atoms with E-state index in [0.717, 1.165) is 47.6 Å². The van der Waals surface area contributed by atoms with Gasteiger partial charge in [0, 0.05) is 13.0 Å². The smallest absolute Gasteiger partial charge is 0.335 e. The zero-order chi connectivity index (χ0) is 22.3. The first kappa shape index (κ1) is 21.9. The van der Waals surface area contributed by atoms with Crippen LogP contribution in [-0.4, -0.2) is 48.1 Å². The Balaban J connectivity index is 1.21. The van der Waals surface area contributed by atoms with Crippen molar-refractivity contribution in [2.24, 2.45) is 0 Å². The fourth-order valence-corrected chi connectivity index (χ4v) is 3.77. The number of aromatic carboxylic acids is 1. The SMILES string of the molecule is O=C(O)c1ccc(-c2ccc3c(c2)CC(CCNC[C@H](O)COc2ccccc2)O3)cc1. The summed E-state index contributed by atoms with van der Waals surface area (Å²) in [6.07, 6.45) is 1.19. The van der Waals surface area contributed by atoms with Crippen molar-refractivity contribution in [3.05, 3.63) is 83.9 Å². The van der Waals surface area contributed by atoms with Gasteiger partial charge in [0.1, 0.15) is 30.3 Å². The molecule has 32 heavy (non-hydrogen) atoms. The first-order valence-electron chi connectivity index (χ1n) is 10.8. The summed E-state index contributed by atoms with van der Waals surface area (Å²) >= 11 is 0. The predicted molar refractivity (Wildman–Crippen MR) is 122 cm³/mol. The van der Waals surface area contributed by atoms with Gasteiger partial charge in [-0.1, -0.05) is 36.4 Å². The summed E-state index contributed by atoms with van der Waals surface area (Å²) in [5.41, 5.74) is 3.47. The van der Waals surface area contributed by atoms with Crippen molar-refractivity contribution in [1.82, 2.24) is 5.32 Å². The largest absolute Gasteiger partial charge is 0.491 e. The van der Waals surface area contributed by atoms with Gasteiger partial charge in [0.15, 0.2) is 0 Å². The second-order valence-electron chi connectivity index (χ2n) is 7.92. The molecular formula is C26H27NO5. The Morgan fingerprint density at radius 1 is 1.06 bits per heavy atom.